The van der Waals surface area contributed by atoms with Crippen molar-refractivity contribution in [3.8, 4) is 0 Å². The lowest BCUT2D eigenvalue weighted by molar-refractivity contribution is 0.185. The van der Waals surface area contributed by atoms with E-state index >= 15 is 0 Å². The zero-order valence-corrected chi connectivity index (χ0v) is 14.2. The van der Waals surface area contributed by atoms with E-state index in [-0.39, 0.29) is 5.82 Å². The number of aryl methyl sites for hydroxylation is 1. The van der Waals surface area contributed by atoms with Crippen LogP contribution in [0.5, 0.6) is 0 Å². The van der Waals surface area contributed by atoms with E-state index in [4.69, 9.17) is 5.73 Å². The molecule has 0 spiro atoms. The van der Waals surface area contributed by atoms with Crippen LogP contribution in [0.3, 0.4) is 0 Å². The first-order valence-electron chi connectivity index (χ1n) is 8.85. The molecule has 124 valence electrons. The van der Waals surface area contributed by atoms with Crippen molar-refractivity contribution in [2.75, 3.05) is 13.1 Å². The summed E-state index contributed by atoms with van der Waals surface area (Å²) in [6, 6.07) is 6.43. The van der Waals surface area contributed by atoms with Gasteiger partial charge >= 0.3 is 0 Å². The van der Waals surface area contributed by atoms with Crippen LogP contribution >= 0.6 is 0 Å². The van der Waals surface area contributed by atoms with Crippen molar-refractivity contribution in [2.45, 2.75) is 70.9 Å². The van der Waals surface area contributed by atoms with E-state index in [1.165, 1.54) is 25.7 Å². The smallest absolute Gasteiger partial charge is 0.126 e. The second-order valence-corrected chi connectivity index (χ2v) is 6.69. The lowest BCUT2D eigenvalue weighted by atomic mass is 10.0. The van der Waals surface area contributed by atoms with E-state index in [1.807, 2.05) is 13.0 Å². The molecule has 0 heterocycles. The van der Waals surface area contributed by atoms with Crippen molar-refractivity contribution in [3.05, 3.63) is 35.1 Å². The molecule has 1 aromatic carbocycles. The predicted molar refractivity (Wildman–Crippen MR) is 91.6 cm³/mol. The number of benzene rings is 1. The fourth-order valence-corrected chi connectivity index (χ4v) is 3.72. The molecule has 1 fully saturated rings. The van der Waals surface area contributed by atoms with Gasteiger partial charge in [0.1, 0.15) is 5.82 Å². The summed E-state index contributed by atoms with van der Waals surface area (Å²) in [6.07, 6.45) is 7.90. The topological polar surface area (TPSA) is 29.3 Å². The zero-order chi connectivity index (χ0) is 15.9. The molecule has 3 heteroatoms. The summed E-state index contributed by atoms with van der Waals surface area (Å²) in [5.41, 5.74) is 8.05. The highest BCUT2D eigenvalue weighted by molar-refractivity contribution is 5.27. The van der Waals surface area contributed by atoms with Gasteiger partial charge in [-0.2, -0.15) is 0 Å². The van der Waals surface area contributed by atoms with Gasteiger partial charge in [-0.1, -0.05) is 25.5 Å². The van der Waals surface area contributed by atoms with E-state index < -0.39 is 0 Å². The summed E-state index contributed by atoms with van der Waals surface area (Å²) in [4.78, 5) is 2.58. The van der Waals surface area contributed by atoms with Crippen LogP contribution < -0.4 is 5.73 Å². The summed E-state index contributed by atoms with van der Waals surface area (Å²) in [6.45, 7) is 6.38. The normalized spacial score (nSPS) is 22.8. The molecule has 2 N–H and O–H groups in total. The van der Waals surface area contributed by atoms with Crippen molar-refractivity contribution >= 4 is 0 Å². The molecule has 2 rings (SSSR count). The maximum atomic E-state index is 13.9. The molecule has 22 heavy (non-hydrogen) atoms. The highest BCUT2D eigenvalue weighted by Crippen LogP contribution is 2.22. The molecule has 2 nitrogen and oxygen atoms in total. The third-order valence-corrected chi connectivity index (χ3v) is 5.13. The first-order chi connectivity index (χ1) is 10.6. The van der Waals surface area contributed by atoms with Crippen molar-refractivity contribution in [1.29, 1.82) is 0 Å². The van der Waals surface area contributed by atoms with E-state index in [0.29, 0.717) is 12.1 Å². The number of halogens is 1. The van der Waals surface area contributed by atoms with Gasteiger partial charge in [0.25, 0.3) is 0 Å². The van der Waals surface area contributed by atoms with Gasteiger partial charge in [-0.05, 0) is 75.7 Å². The second-order valence-electron chi connectivity index (χ2n) is 6.69. The van der Waals surface area contributed by atoms with Gasteiger partial charge in [0.15, 0.2) is 0 Å². The standard InChI is InChI=1S/C19H31FN2/c1-3-22(17-9-5-8-16(21)12-13-17)14-6-10-18-15(2)7-4-11-19(18)20/h4,7,11,16-17H,3,5-6,8-10,12-14,21H2,1-2H3. The quantitative estimate of drug-likeness (QED) is 0.803. The van der Waals surface area contributed by atoms with E-state index in [1.54, 1.807) is 12.1 Å². The van der Waals surface area contributed by atoms with Crippen LogP contribution in [-0.2, 0) is 6.42 Å². The summed E-state index contributed by atoms with van der Waals surface area (Å²) in [5.74, 6) is -0.0523. The van der Waals surface area contributed by atoms with Crippen molar-refractivity contribution < 1.29 is 4.39 Å². The fourth-order valence-electron chi connectivity index (χ4n) is 3.72. The summed E-state index contributed by atoms with van der Waals surface area (Å²) in [7, 11) is 0. The first-order valence-corrected chi connectivity index (χ1v) is 8.85. The Balaban J connectivity index is 1.86. The average molecular weight is 306 g/mol. The zero-order valence-electron chi connectivity index (χ0n) is 14.2. The molecule has 0 radical (unpaired) electrons. The SMILES string of the molecule is CCN(CCCc1c(C)cccc1F)C1CCCC(N)CC1. The van der Waals surface area contributed by atoms with Crippen LogP contribution in [0.25, 0.3) is 0 Å². The summed E-state index contributed by atoms with van der Waals surface area (Å²) < 4.78 is 13.9. The summed E-state index contributed by atoms with van der Waals surface area (Å²) in [5, 5.41) is 0. The van der Waals surface area contributed by atoms with Gasteiger partial charge < -0.3 is 10.6 Å². The molecule has 2 atom stereocenters. The van der Waals surface area contributed by atoms with Crippen molar-refractivity contribution in [2.24, 2.45) is 5.73 Å². The molecule has 1 aliphatic carbocycles. The molecule has 1 aromatic rings. The second kappa shape index (κ2) is 8.64. The van der Waals surface area contributed by atoms with Crippen molar-refractivity contribution in [3.63, 3.8) is 0 Å². The van der Waals surface area contributed by atoms with Crippen LogP contribution in [-0.4, -0.2) is 30.1 Å². The Morgan fingerprint density at radius 1 is 1.23 bits per heavy atom. The van der Waals surface area contributed by atoms with E-state index in [0.717, 1.165) is 43.5 Å². The Labute approximate surface area is 134 Å². The maximum Gasteiger partial charge on any atom is 0.126 e. The monoisotopic (exact) mass is 306 g/mol. The molecule has 2 unspecified atom stereocenters. The van der Waals surface area contributed by atoms with Crippen molar-refractivity contribution in [1.82, 2.24) is 4.90 Å². The average Bonchev–Trinajstić information content (AvgIpc) is 2.71. The minimum absolute atomic E-state index is 0.0523. The highest BCUT2D eigenvalue weighted by atomic mass is 19.1. The van der Waals surface area contributed by atoms with Crippen LogP contribution in [0.2, 0.25) is 0 Å². The Morgan fingerprint density at radius 2 is 2.05 bits per heavy atom. The first kappa shape index (κ1) is 17.4. The molecular weight excluding hydrogens is 275 g/mol. The fraction of sp³-hybridized carbons (Fsp3) is 0.684. The van der Waals surface area contributed by atoms with Crippen LogP contribution in [0.4, 0.5) is 4.39 Å². The molecule has 0 saturated heterocycles. The molecule has 0 aliphatic heterocycles. The van der Waals surface area contributed by atoms with E-state index in [9.17, 15) is 4.39 Å². The van der Waals surface area contributed by atoms with Gasteiger partial charge in [0.05, 0.1) is 0 Å². The lowest BCUT2D eigenvalue weighted by Gasteiger charge is -2.30. The van der Waals surface area contributed by atoms with Gasteiger partial charge in [-0.3, -0.25) is 0 Å². The number of nitrogens with zero attached hydrogens (tertiary/aromatic N) is 1. The van der Waals surface area contributed by atoms with Gasteiger partial charge in [0.2, 0.25) is 0 Å². The third-order valence-electron chi connectivity index (χ3n) is 5.13. The Bertz CT molecular complexity index is 440. The Kier molecular flexibility index (Phi) is 6.84. The largest absolute Gasteiger partial charge is 0.328 e. The van der Waals surface area contributed by atoms with Gasteiger partial charge in [-0.15, -0.1) is 0 Å². The third kappa shape index (κ3) is 4.79. The van der Waals surface area contributed by atoms with Gasteiger partial charge in [-0.25, -0.2) is 4.39 Å². The maximum absolute atomic E-state index is 13.9. The molecular formula is C19H31FN2. The minimum Gasteiger partial charge on any atom is -0.328 e. The minimum atomic E-state index is -0.0523. The number of rotatable bonds is 6. The van der Waals surface area contributed by atoms with E-state index in [2.05, 4.69) is 11.8 Å². The summed E-state index contributed by atoms with van der Waals surface area (Å²) >= 11 is 0. The van der Waals surface area contributed by atoms with Crippen LogP contribution in [0.15, 0.2) is 18.2 Å². The Morgan fingerprint density at radius 3 is 2.77 bits per heavy atom. The van der Waals surface area contributed by atoms with Gasteiger partial charge in [0, 0.05) is 12.1 Å². The molecule has 1 aliphatic rings. The number of nitrogens with two attached hydrogens (primary N) is 1. The molecule has 0 aromatic heterocycles. The Hall–Kier alpha value is -0.930. The predicted octanol–water partition coefficient (Wildman–Crippen LogP) is 4.05. The number of hydrogen-bond donors (Lipinski definition) is 1. The molecule has 1 saturated carbocycles. The lowest BCUT2D eigenvalue weighted by Crippen LogP contribution is -2.36. The molecule has 0 amide bonds. The van der Waals surface area contributed by atoms with Crippen LogP contribution in [0.1, 0.15) is 56.6 Å². The van der Waals surface area contributed by atoms with Crippen LogP contribution in [0, 0.1) is 12.7 Å². The number of hydrogen-bond acceptors (Lipinski definition) is 2. The molecule has 0 bridgehead atoms. The highest BCUT2D eigenvalue weighted by Gasteiger charge is 2.21.